The lowest BCUT2D eigenvalue weighted by Crippen LogP contribution is -2.29. The summed E-state index contributed by atoms with van der Waals surface area (Å²) in [5, 5.41) is 11.9. The molecule has 36 heavy (non-hydrogen) atoms. The van der Waals surface area contributed by atoms with Crippen LogP contribution in [0.2, 0.25) is 0 Å². The highest BCUT2D eigenvalue weighted by atomic mass is 19.1. The zero-order valence-corrected chi connectivity index (χ0v) is 21.2. The average Bonchev–Trinajstić information content (AvgIpc) is 3.30. The number of halogens is 1. The van der Waals surface area contributed by atoms with Crippen molar-refractivity contribution < 1.29 is 4.39 Å². The molecule has 186 valence electrons. The number of hydrogen-bond donors (Lipinski definition) is 2. The van der Waals surface area contributed by atoms with Gasteiger partial charge < -0.3 is 10.2 Å². The lowest BCUT2D eigenvalue weighted by Gasteiger charge is -2.26. The summed E-state index contributed by atoms with van der Waals surface area (Å²) in [7, 11) is 3.91. The number of hydrogen-bond acceptors (Lipinski definition) is 5. The van der Waals surface area contributed by atoms with Crippen LogP contribution in [-0.2, 0) is 6.54 Å². The lowest BCUT2D eigenvalue weighted by atomic mass is 9.95. The third kappa shape index (κ3) is 4.97. The maximum atomic E-state index is 15.0. The molecule has 0 saturated carbocycles. The van der Waals surface area contributed by atoms with E-state index in [-0.39, 0.29) is 5.82 Å². The number of likely N-dealkylation sites (tertiary alicyclic amines) is 1. The molecule has 0 atom stereocenters. The monoisotopic (exact) mass is 484 g/mol. The summed E-state index contributed by atoms with van der Waals surface area (Å²) in [6.07, 6.45) is 5.50. The molecular formula is C29H33FN6. The van der Waals surface area contributed by atoms with Crippen molar-refractivity contribution in [2.24, 2.45) is 0 Å². The maximum absolute atomic E-state index is 15.0. The van der Waals surface area contributed by atoms with Gasteiger partial charge in [0, 0.05) is 26.0 Å². The number of aromatic nitrogens is 3. The number of H-pyrrole nitrogens is 1. The van der Waals surface area contributed by atoms with Crippen LogP contribution in [0.1, 0.15) is 36.1 Å². The van der Waals surface area contributed by atoms with Crippen molar-refractivity contribution >= 4 is 28.1 Å². The molecule has 7 heteroatoms. The second kappa shape index (κ2) is 10.1. The van der Waals surface area contributed by atoms with Gasteiger partial charge in [-0.2, -0.15) is 5.10 Å². The lowest BCUT2D eigenvalue weighted by molar-refractivity contribution is 0.220. The second-order valence-electron chi connectivity index (χ2n) is 9.82. The minimum atomic E-state index is -0.160. The third-order valence-electron chi connectivity index (χ3n) is 6.92. The molecule has 1 saturated heterocycles. The number of anilines is 2. The van der Waals surface area contributed by atoms with E-state index in [0.29, 0.717) is 11.3 Å². The van der Waals surface area contributed by atoms with E-state index < -0.39 is 0 Å². The van der Waals surface area contributed by atoms with Crippen molar-refractivity contribution in [1.82, 2.24) is 20.1 Å². The summed E-state index contributed by atoms with van der Waals surface area (Å²) in [6, 6.07) is 13.8. The molecule has 2 aromatic heterocycles. The van der Waals surface area contributed by atoms with Crippen molar-refractivity contribution in [2.45, 2.75) is 32.7 Å². The highest BCUT2D eigenvalue weighted by Gasteiger charge is 2.16. The minimum absolute atomic E-state index is 0.160. The second-order valence-corrected chi connectivity index (χ2v) is 9.82. The fraction of sp³-hybridized carbons (Fsp3) is 0.310. The molecule has 6 nitrogen and oxygen atoms in total. The summed E-state index contributed by atoms with van der Waals surface area (Å²) in [5.41, 5.74) is 6.69. The largest absolute Gasteiger partial charge is 0.363 e. The fourth-order valence-corrected chi connectivity index (χ4v) is 4.87. The normalized spacial score (nSPS) is 14.2. The highest BCUT2D eigenvalue weighted by molar-refractivity contribution is 5.95. The molecule has 4 aromatic rings. The smallest absolute Gasteiger partial charge is 0.128 e. The quantitative estimate of drug-likeness (QED) is 0.327. The Hall–Kier alpha value is -3.71. The van der Waals surface area contributed by atoms with Crippen LogP contribution < -0.4 is 10.2 Å². The van der Waals surface area contributed by atoms with E-state index >= 15 is 0 Å². The standard InChI is InChI=1S/C29H33FN6/c1-19-24(14-21(15-26(19)30)18-36-12-6-5-7-13-36)22-8-10-27-25(16-22)29(34-33-27)20(2)32-23-9-11-28(31-17-23)35(3)4/h8-11,14-17,32H,2,5-7,12-13,18H2,1,3-4H3,(H,33,34). The molecular weight excluding hydrogens is 451 g/mol. The van der Waals surface area contributed by atoms with Gasteiger partial charge in [0.15, 0.2) is 0 Å². The van der Waals surface area contributed by atoms with Gasteiger partial charge >= 0.3 is 0 Å². The molecule has 0 amide bonds. The van der Waals surface area contributed by atoms with Crippen molar-refractivity contribution in [3.8, 4) is 11.1 Å². The van der Waals surface area contributed by atoms with Crippen molar-refractivity contribution in [3.05, 3.63) is 77.9 Å². The number of benzene rings is 2. The fourth-order valence-electron chi connectivity index (χ4n) is 4.87. The number of nitrogens with one attached hydrogen (secondary N) is 2. The van der Waals surface area contributed by atoms with E-state index in [1.807, 2.05) is 50.2 Å². The van der Waals surface area contributed by atoms with Crippen molar-refractivity contribution in [3.63, 3.8) is 0 Å². The Bertz CT molecular complexity index is 1380. The summed E-state index contributed by atoms with van der Waals surface area (Å²) in [4.78, 5) is 8.82. The van der Waals surface area contributed by atoms with Gasteiger partial charge in [-0.05, 0) is 91.5 Å². The van der Waals surface area contributed by atoms with Gasteiger partial charge in [-0.1, -0.05) is 19.1 Å². The van der Waals surface area contributed by atoms with Gasteiger partial charge in [0.25, 0.3) is 0 Å². The summed E-state index contributed by atoms with van der Waals surface area (Å²) in [6.45, 7) is 9.01. The first-order valence-electron chi connectivity index (χ1n) is 12.5. The van der Waals surface area contributed by atoms with Crippen LogP contribution >= 0.6 is 0 Å². The van der Waals surface area contributed by atoms with Gasteiger partial charge in [-0.3, -0.25) is 10.00 Å². The van der Waals surface area contributed by atoms with Crippen LogP contribution in [0.3, 0.4) is 0 Å². The van der Waals surface area contributed by atoms with Gasteiger partial charge in [-0.25, -0.2) is 9.37 Å². The molecule has 5 rings (SSSR count). The van der Waals surface area contributed by atoms with E-state index in [4.69, 9.17) is 0 Å². The predicted molar refractivity (Wildman–Crippen MR) is 147 cm³/mol. The zero-order chi connectivity index (χ0) is 25.2. The van der Waals surface area contributed by atoms with Crippen LogP contribution in [0.4, 0.5) is 15.9 Å². The first-order chi connectivity index (χ1) is 17.4. The molecule has 0 unspecified atom stereocenters. The number of piperidine rings is 1. The molecule has 1 fully saturated rings. The van der Waals surface area contributed by atoms with E-state index in [9.17, 15) is 4.39 Å². The molecule has 3 heterocycles. The predicted octanol–water partition coefficient (Wildman–Crippen LogP) is 6.21. The van der Waals surface area contributed by atoms with Crippen LogP contribution in [0, 0.1) is 12.7 Å². The van der Waals surface area contributed by atoms with E-state index in [0.717, 1.165) is 64.4 Å². The van der Waals surface area contributed by atoms with Gasteiger partial charge in [0.05, 0.1) is 23.1 Å². The van der Waals surface area contributed by atoms with Crippen LogP contribution in [-0.4, -0.2) is 47.3 Å². The minimum Gasteiger partial charge on any atom is -0.363 e. The van der Waals surface area contributed by atoms with Crippen LogP contribution in [0.25, 0.3) is 27.7 Å². The Labute approximate surface area is 211 Å². The summed E-state index contributed by atoms with van der Waals surface area (Å²) in [5.74, 6) is 0.720. The highest BCUT2D eigenvalue weighted by Crippen LogP contribution is 2.32. The zero-order valence-electron chi connectivity index (χ0n) is 21.2. The Morgan fingerprint density at radius 2 is 1.92 bits per heavy atom. The van der Waals surface area contributed by atoms with Gasteiger partial charge in [0.2, 0.25) is 0 Å². The topological polar surface area (TPSA) is 60.1 Å². The molecule has 1 aliphatic rings. The van der Waals surface area contributed by atoms with E-state index in [2.05, 4.69) is 44.1 Å². The average molecular weight is 485 g/mol. The molecule has 0 aliphatic carbocycles. The van der Waals surface area contributed by atoms with Crippen LogP contribution in [0.5, 0.6) is 0 Å². The molecule has 0 radical (unpaired) electrons. The van der Waals surface area contributed by atoms with Crippen molar-refractivity contribution in [1.29, 1.82) is 0 Å². The Balaban J connectivity index is 1.44. The summed E-state index contributed by atoms with van der Waals surface area (Å²) < 4.78 is 15.0. The molecule has 1 aliphatic heterocycles. The number of fused-ring (bicyclic) bond motifs is 1. The van der Waals surface area contributed by atoms with E-state index in [1.165, 1.54) is 19.3 Å². The Morgan fingerprint density at radius 3 is 2.64 bits per heavy atom. The first kappa shape index (κ1) is 24.0. The maximum Gasteiger partial charge on any atom is 0.128 e. The van der Waals surface area contributed by atoms with Crippen LogP contribution in [0.15, 0.2) is 55.2 Å². The molecule has 0 spiro atoms. The van der Waals surface area contributed by atoms with E-state index in [1.54, 1.807) is 12.3 Å². The summed E-state index contributed by atoms with van der Waals surface area (Å²) >= 11 is 0. The Morgan fingerprint density at radius 1 is 1.11 bits per heavy atom. The number of pyridine rings is 1. The third-order valence-corrected chi connectivity index (χ3v) is 6.92. The van der Waals surface area contributed by atoms with Gasteiger partial charge in [0.1, 0.15) is 17.3 Å². The first-order valence-corrected chi connectivity index (χ1v) is 12.5. The molecule has 0 bridgehead atoms. The number of nitrogens with zero attached hydrogens (tertiary/aromatic N) is 4. The van der Waals surface area contributed by atoms with Crippen molar-refractivity contribution in [2.75, 3.05) is 37.4 Å². The number of aromatic amines is 1. The Kier molecular flexibility index (Phi) is 6.74. The van der Waals surface area contributed by atoms with Gasteiger partial charge in [-0.15, -0.1) is 0 Å². The SMILES string of the molecule is C=C(Nc1ccc(N(C)C)nc1)c1n[nH]c2ccc(-c3cc(CN4CCCCC4)cc(F)c3C)cc12. The number of rotatable bonds is 7. The molecule has 2 aromatic carbocycles. The molecule has 2 N–H and O–H groups in total.